The average Bonchev–Trinajstić information content (AvgIpc) is 2.49. The molecule has 5 nitrogen and oxygen atoms in total. The van der Waals surface area contributed by atoms with Crippen molar-refractivity contribution >= 4 is 27.3 Å². The van der Waals surface area contributed by atoms with E-state index in [1.54, 1.807) is 18.2 Å². The Kier molecular flexibility index (Phi) is 5.58. The highest BCUT2D eigenvalue weighted by Gasteiger charge is 2.23. The van der Waals surface area contributed by atoms with Crippen LogP contribution in [0.1, 0.15) is 26.7 Å². The highest BCUT2D eigenvalue weighted by Crippen LogP contribution is 2.30. The topological polar surface area (TPSA) is 58.4 Å². The molecule has 0 amide bonds. The molecule has 0 aromatic heterocycles. The van der Waals surface area contributed by atoms with Crippen LogP contribution in [0, 0.1) is 16.0 Å². The summed E-state index contributed by atoms with van der Waals surface area (Å²) in [6.07, 6.45) is 2.40. The van der Waals surface area contributed by atoms with E-state index in [0.29, 0.717) is 12.0 Å². The molecular formula is C15H22BrN3O2. The van der Waals surface area contributed by atoms with E-state index in [1.807, 2.05) is 0 Å². The maximum Gasteiger partial charge on any atom is 0.270 e. The summed E-state index contributed by atoms with van der Waals surface area (Å²) in [4.78, 5) is 12.9. The van der Waals surface area contributed by atoms with Crippen molar-refractivity contribution in [1.82, 2.24) is 4.90 Å². The molecule has 1 unspecified atom stereocenters. The molecule has 116 valence electrons. The predicted octanol–water partition coefficient (Wildman–Crippen LogP) is 3.89. The molecule has 1 aliphatic heterocycles. The molecule has 1 heterocycles. The van der Waals surface area contributed by atoms with Crippen molar-refractivity contribution in [3.05, 3.63) is 32.8 Å². The third-order valence-corrected chi connectivity index (χ3v) is 4.99. The minimum Gasteiger partial charge on any atom is -0.381 e. The van der Waals surface area contributed by atoms with Gasteiger partial charge in [-0.3, -0.25) is 10.1 Å². The first-order valence-electron chi connectivity index (χ1n) is 7.44. The number of nitrogens with one attached hydrogen (secondary N) is 1. The SMILES string of the molecule is CCN1CCC(C(C)Nc2ccc([N+](=O)[O-])cc2Br)CC1. The van der Waals surface area contributed by atoms with Crippen LogP contribution in [-0.4, -0.2) is 35.5 Å². The third kappa shape index (κ3) is 4.17. The van der Waals surface area contributed by atoms with Gasteiger partial charge in [0.15, 0.2) is 0 Å². The Morgan fingerprint density at radius 3 is 2.67 bits per heavy atom. The summed E-state index contributed by atoms with van der Waals surface area (Å²) in [6, 6.07) is 5.23. The number of nitro benzene ring substituents is 1. The number of piperidine rings is 1. The second kappa shape index (κ2) is 7.22. The van der Waals surface area contributed by atoms with E-state index in [-0.39, 0.29) is 10.6 Å². The van der Waals surface area contributed by atoms with Gasteiger partial charge >= 0.3 is 0 Å². The summed E-state index contributed by atoms with van der Waals surface area (Å²) in [5.74, 6) is 0.648. The fraction of sp³-hybridized carbons (Fsp3) is 0.600. The average molecular weight is 356 g/mol. The summed E-state index contributed by atoms with van der Waals surface area (Å²) in [6.45, 7) is 7.85. The molecule has 1 aromatic rings. The number of benzene rings is 1. The number of anilines is 1. The standard InChI is InChI=1S/C15H22BrN3O2/c1-3-18-8-6-12(7-9-18)11(2)17-15-5-4-13(19(20)21)10-14(15)16/h4-5,10-12,17H,3,6-9H2,1-2H3. The van der Waals surface area contributed by atoms with Crippen molar-refractivity contribution in [3.8, 4) is 0 Å². The lowest BCUT2D eigenvalue weighted by atomic mass is 9.90. The number of nitro groups is 1. The highest BCUT2D eigenvalue weighted by atomic mass is 79.9. The van der Waals surface area contributed by atoms with E-state index in [2.05, 4.69) is 40.0 Å². The maximum absolute atomic E-state index is 10.8. The predicted molar refractivity (Wildman–Crippen MR) is 88.7 cm³/mol. The second-order valence-corrected chi connectivity index (χ2v) is 6.48. The molecular weight excluding hydrogens is 334 g/mol. The molecule has 0 aliphatic carbocycles. The van der Waals surface area contributed by atoms with Crippen molar-refractivity contribution in [1.29, 1.82) is 0 Å². The molecule has 21 heavy (non-hydrogen) atoms. The smallest absolute Gasteiger partial charge is 0.270 e. The van der Waals surface area contributed by atoms with Crippen molar-refractivity contribution < 1.29 is 4.92 Å². The Morgan fingerprint density at radius 2 is 2.14 bits per heavy atom. The first kappa shape index (κ1) is 16.2. The Bertz CT molecular complexity index is 502. The van der Waals surface area contributed by atoms with Crippen molar-refractivity contribution in [2.45, 2.75) is 32.7 Å². The summed E-state index contributed by atoms with van der Waals surface area (Å²) in [5, 5.41) is 14.2. The van der Waals surface area contributed by atoms with Gasteiger partial charge in [-0.1, -0.05) is 6.92 Å². The van der Waals surface area contributed by atoms with Gasteiger partial charge < -0.3 is 10.2 Å². The van der Waals surface area contributed by atoms with Gasteiger partial charge in [-0.15, -0.1) is 0 Å². The second-order valence-electron chi connectivity index (χ2n) is 5.63. The molecule has 1 saturated heterocycles. The minimum atomic E-state index is -0.377. The maximum atomic E-state index is 10.8. The lowest BCUT2D eigenvalue weighted by molar-refractivity contribution is -0.384. The van der Waals surface area contributed by atoms with Crippen LogP contribution in [-0.2, 0) is 0 Å². The van der Waals surface area contributed by atoms with E-state index in [1.165, 1.54) is 12.8 Å². The Balaban J connectivity index is 1.96. The molecule has 1 aromatic carbocycles. The monoisotopic (exact) mass is 355 g/mol. The van der Waals surface area contributed by atoms with Gasteiger partial charge in [0, 0.05) is 28.3 Å². The van der Waals surface area contributed by atoms with Gasteiger partial charge in [0.25, 0.3) is 5.69 Å². The van der Waals surface area contributed by atoms with Crippen LogP contribution >= 0.6 is 15.9 Å². The Labute approximate surface area is 134 Å². The van der Waals surface area contributed by atoms with Crippen LogP contribution in [0.3, 0.4) is 0 Å². The van der Waals surface area contributed by atoms with E-state index in [4.69, 9.17) is 0 Å². The molecule has 0 bridgehead atoms. The normalized spacial score (nSPS) is 18.4. The largest absolute Gasteiger partial charge is 0.381 e. The first-order valence-corrected chi connectivity index (χ1v) is 8.23. The highest BCUT2D eigenvalue weighted by molar-refractivity contribution is 9.10. The van der Waals surface area contributed by atoms with Crippen LogP contribution in [0.2, 0.25) is 0 Å². The van der Waals surface area contributed by atoms with Crippen molar-refractivity contribution in [2.75, 3.05) is 25.0 Å². The number of hydrogen-bond acceptors (Lipinski definition) is 4. The van der Waals surface area contributed by atoms with Gasteiger partial charge in [-0.05, 0) is 67.3 Å². The lowest BCUT2D eigenvalue weighted by Crippen LogP contribution is -2.39. The third-order valence-electron chi connectivity index (χ3n) is 4.33. The van der Waals surface area contributed by atoms with Crippen LogP contribution in [0.5, 0.6) is 0 Å². The van der Waals surface area contributed by atoms with Crippen molar-refractivity contribution in [2.24, 2.45) is 5.92 Å². The van der Waals surface area contributed by atoms with Crippen LogP contribution in [0.25, 0.3) is 0 Å². The summed E-state index contributed by atoms with van der Waals surface area (Å²) in [5.41, 5.74) is 1.03. The number of nitrogens with zero attached hydrogens (tertiary/aromatic N) is 2. The molecule has 1 fully saturated rings. The fourth-order valence-corrected chi connectivity index (χ4v) is 3.35. The van der Waals surface area contributed by atoms with Gasteiger partial charge in [-0.25, -0.2) is 0 Å². The summed E-state index contributed by atoms with van der Waals surface area (Å²) >= 11 is 3.41. The zero-order chi connectivity index (χ0) is 15.4. The van der Waals surface area contributed by atoms with Crippen molar-refractivity contribution in [3.63, 3.8) is 0 Å². The van der Waals surface area contributed by atoms with E-state index < -0.39 is 0 Å². The first-order chi connectivity index (χ1) is 10.0. The van der Waals surface area contributed by atoms with Gasteiger partial charge in [-0.2, -0.15) is 0 Å². The molecule has 0 radical (unpaired) electrons. The van der Waals surface area contributed by atoms with Gasteiger partial charge in [0.05, 0.1) is 4.92 Å². The molecule has 6 heteroatoms. The van der Waals surface area contributed by atoms with Gasteiger partial charge in [0.2, 0.25) is 0 Å². The van der Waals surface area contributed by atoms with Crippen LogP contribution in [0.4, 0.5) is 11.4 Å². The van der Waals surface area contributed by atoms with E-state index in [0.717, 1.165) is 29.8 Å². The number of rotatable bonds is 5. The van der Waals surface area contributed by atoms with E-state index >= 15 is 0 Å². The minimum absolute atomic E-state index is 0.108. The molecule has 0 spiro atoms. The fourth-order valence-electron chi connectivity index (χ4n) is 2.87. The summed E-state index contributed by atoms with van der Waals surface area (Å²) in [7, 11) is 0. The number of halogens is 1. The molecule has 2 rings (SSSR count). The number of likely N-dealkylation sites (tertiary alicyclic amines) is 1. The molecule has 1 N–H and O–H groups in total. The lowest BCUT2D eigenvalue weighted by Gasteiger charge is -2.35. The van der Waals surface area contributed by atoms with Crippen LogP contribution in [0.15, 0.2) is 22.7 Å². The quantitative estimate of drug-likeness (QED) is 0.642. The Hall–Kier alpha value is -1.14. The zero-order valence-corrected chi connectivity index (χ0v) is 14.1. The zero-order valence-electron chi connectivity index (χ0n) is 12.5. The van der Waals surface area contributed by atoms with Gasteiger partial charge in [0.1, 0.15) is 0 Å². The molecule has 1 atom stereocenters. The molecule has 0 saturated carbocycles. The number of non-ortho nitro benzene ring substituents is 1. The Morgan fingerprint density at radius 1 is 1.48 bits per heavy atom. The van der Waals surface area contributed by atoms with E-state index in [9.17, 15) is 10.1 Å². The molecule has 1 aliphatic rings. The summed E-state index contributed by atoms with van der Waals surface area (Å²) < 4.78 is 0.745. The number of hydrogen-bond donors (Lipinski definition) is 1. The van der Waals surface area contributed by atoms with Crippen LogP contribution < -0.4 is 5.32 Å².